The normalized spacial score (nSPS) is 16.8. The Bertz CT molecular complexity index is 1700. The lowest BCUT2D eigenvalue weighted by molar-refractivity contribution is 0.0274. The molecule has 1 aliphatic carbocycles. The summed E-state index contributed by atoms with van der Waals surface area (Å²) in [5.74, 6) is 1.96. The highest BCUT2D eigenvalue weighted by Gasteiger charge is 2.28. The fourth-order valence-corrected chi connectivity index (χ4v) is 7.97. The van der Waals surface area contributed by atoms with Crippen molar-refractivity contribution < 1.29 is 14.4 Å². The number of nitrogens with zero attached hydrogens (tertiary/aromatic N) is 4. The first-order valence-corrected chi connectivity index (χ1v) is 19.1. The summed E-state index contributed by atoms with van der Waals surface area (Å²) < 4.78 is 19.7. The van der Waals surface area contributed by atoms with Gasteiger partial charge in [-0.2, -0.15) is 9.97 Å². The Balaban J connectivity index is 1.25. The molecule has 3 heterocycles. The number of hydrogen-bond donors (Lipinski definition) is 4. The Hall–Kier alpha value is -3.59. The average molecular weight is 646 g/mol. The van der Waals surface area contributed by atoms with Crippen LogP contribution in [0.15, 0.2) is 54.7 Å². The second-order valence-electron chi connectivity index (χ2n) is 13.9. The fraction of sp³-hybridized carbons (Fsp3) is 0.486. The number of aromatic nitrogens is 3. The first-order chi connectivity index (χ1) is 21.9. The molecule has 6 rings (SSSR count). The molecule has 1 saturated heterocycles. The third-order valence-electron chi connectivity index (χ3n) is 9.03. The van der Waals surface area contributed by atoms with Gasteiger partial charge in [0.2, 0.25) is 5.95 Å². The topological polar surface area (TPSA) is 119 Å². The number of benzene rings is 2. The molecule has 0 radical (unpaired) electrons. The van der Waals surface area contributed by atoms with E-state index >= 15 is 0 Å². The summed E-state index contributed by atoms with van der Waals surface area (Å²) in [5.41, 5.74) is 2.73. The number of anilines is 5. The standard InChI is InChI=1S/C35H48N7O3P/c1-35(2,43)23-41(3)25-17-20-42(21-18-25)29-15-14-24(22-30(29)45-26-10-6-7-11-26)37-34-39-32-27(16-19-36-32)33(40-34)38-28-12-8-9-13-31(28)46(4,5)44/h8-9,12-16,19,22,25-26,43H,6-7,10-11,17-18,20-21,23H2,1-5H3,(H3,36,37,38,39,40). The zero-order chi connectivity index (χ0) is 32.5. The number of aliphatic hydroxyl groups is 1. The smallest absolute Gasteiger partial charge is 0.231 e. The number of ether oxygens (including phenoxy) is 1. The van der Waals surface area contributed by atoms with Gasteiger partial charge in [-0.1, -0.05) is 12.1 Å². The largest absolute Gasteiger partial charge is 0.488 e. The molecule has 0 spiro atoms. The first kappa shape index (κ1) is 32.4. The minimum atomic E-state index is -2.52. The molecule has 0 bridgehead atoms. The summed E-state index contributed by atoms with van der Waals surface area (Å²) >= 11 is 0. The molecule has 2 aliphatic rings. The number of fused-ring (bicyclic) bond motifs is 1. The van der Waals surface area contributed by atoms with E-state index in [0.29, 0.717) is 30.0 Å². The van der Waals surface area contributed by atoms with Gasteiger partial charge in [0.15, 0.2) is 0 Å². The molecular formula is C35H48N7O3P. The van der Waals surface area contributed by atoms with Gasteiger partial charge in [0.1, 0.15) is 24.4 Å². The number of piperidine rings is 1. The summed E-state index contributed by atoms with van der Waals surface area (Å²) in [5, 5.41) is 18.8. The molecule has 246 valence electrons. The molecule has 10 nitrogen and oxygen atoms in total. The lowest BCUT2D eigenvalue weighted by Gasteiger charge is -2.40. The van der Waals surface area contributed by atoms with Crippen LogP contribution in [0.4, 0.5) is 28.8 Å². The van der Waals surface area contributed by atoms with Gasteiger partial charge >= 0.3 is 0 Å². The van der Waals surface area contributed by atoms with E-state index in [1.54, 1.807) is 13.3 Å². The minimum Gasteiger partial charge on any atom is -0.488 e. The van der Waals surface area contributed by atoms with Gasteiger partial charge in [-0.05, 0) is 103 Å². The Labute approximate surface area is 272 Å². The van der Waals surface area contributed by atoms with Crippen molar-refractivity contribution >= 4 is 52.3 Å². The number of H-pyrrole nitrogens is 1. The predicted molar refractivity (Wildman–Crippen MR) is 189 cm³/mol. The number of para-hydroxylation sites is 1. The molecule has 0 unspecified atom stereocenters. The third kappa shape index (κ3) is 7.68. The number of likely N-dealkylation sites (N-methyl/N-ethyl adjacent to an activating group) is 1. The molecular weight excluding hydrogens is 597 g/mol. The van der Waals surface area contributed by atoms with Crippen LogP contribution in [0, 0.1) is 0 Å². The van der Waals surface area contributed by atoms with Crippen LogP contribution in [0.3, 0.4) is 0 Å². The van der Waals surface area contributed by atoms with Gasteiger partial charge in [-0.15, -0.1) is 0 Å². The van der Waals surface area contributed by atoms with E-state index < -0.39 is 12.7 Å². The average Bonchev–Trinajstić information content (AvgIpc) is 3.69. The van der Waals surface area contributed by atoms with Crippen LogP contribution in [0.25, 0.3) is 11.0 Å². The lowest BCUT2D eigenvalue weighted by atomic mass is 10.0. The summed E-state index contributed by atoms with van der Waals surface area (Å²) in [6, 6.07) is 16.4. The Morgan fingerprint density at radius 2 is 1.78 bits per heavy atom. The zero-order valence-corrected chi connectivity index (χ0v) is 28.6. The van der Waals surface area contributed by atoms with Crippen molar-refractivity contribution in [3.63, 3.8) is 0 Å². The van der Waals surface area contributed by atoms with Crippen LogP contribution < -0.4 is 25.6 Å². The molecule has 4 aromatic rings. The van der Waals surface area contributed by atoms with Gasteiger partial charge in [-0.3, -0.25) is 0 Å². The molecule has 2 aromatic heterocycles. The summed E-state index contributed by atoms with van der Waals surface area (Å²) in [4.78, 5) is 17.6. The van der Waals surface area contributed by atoms with Crippen LogP contribution in [0.5, 0.6) is 5.75 Å². The van der Waals surface area contributed by atoms with E-state index in [4.69, 9.17) is 14.7 Å². The van der Waals surface area contributed by atoms with Gasteiger partial charge in [0.25, 0.3) is 0 Å². The van der Waals surface area contributed by atoms with Crippen LogP contribution >= 0.6 is 7.14 Å². The van der Waals surface area contributed by atoms with Crippen LogP contribution in [-0.2, 0) is 4.57 Å². The van der Waals surface area contributed by atoms with Gasteiger partial charge in [-0.25, -0.2) is 0 Å². The van der Waals surface area contributed by atoms with Crippen molar-refractivity contribution in [2.75, 3.05) is 55.5 Å². The van der Waals surface area contributed by atoms with Crippen LogP contribution in [0.1, 0.15) is 52.4 Å². The quantitative estimate of drug-likeness (QED) is 0.132. The molecule has 0 atom stereocenters. The Kier molecular flexibility index (Phi) is 9.33. The highest BCUT2D eigenvalue weighted by atomic mass is 31.2. The highest BCUT2D eigenvalue weighted by Crippen LogP contribution is 2.40. The first-order valence-electron chi connectivity index (χ1n) is 16.4. The molecule has 0 amide bonds. The van der Waals surface area contributed by atoms with E-state index in [2.05, 4.69) is 50.7 Å². The van der Waals surface area contributed by atoms with Crippen molar-refractivity contribution in [3.8, 4) is 5.75 Å². The van der Waals surface area contributed by atoms with Crippen molar-refractivity contribution in [1.29, 1.82) is 0 Å². The maximum atomic E-state index is 13.0. The Morgan fingerprint density at radius 3 is 2.50 bits per heavy atom. The van der Waals surface area contributed by atoms with Gasteiger partial charge < -0.3 is 39.8 Å². The molecule has 1 saturated carbocycles. The lowest BCUT2D eigenvalue weighted by Crippen LogP contribution is -2.47. The van der Waals surface area contributed by atoms with Crippen molar-refractivity contribution in [1.82, 2.24) is 19.9 Å². The summed E-state index contributed by atoms with van der Waals surface area (Å²) in [7, 11) is -0.400. The van der Waals surface area contributed by atoms with E-state index in [-0.39, 0.29) is 6.10 Å². The molecule has 2 fully saturated rings. The molecule has 2 aromatic carbocycles. The van der Waals surface area contributed by atoms with E-state index in [9.17, 15) is 9.67 Å². The summed E-state index contributed by atoms with van der Waals surface area (Å²) in [6.07, 6.45) is 8.68. The monoisotopic (exact) mass is 645 g/mol. The van der Waals surface area contributed by atoms with Crippen molar-refractivity contribution in [2.45, 2.75) is 70.1 Å². The van der Waals surface area contributed by atoms with E-state index in [1.165, 1.54) is 12.8 Å². The number of hydrogen-bond acceptors (Lipinski definition) is 9. The molecule has 46 heavy (non-hydrogen) atoms. The fourth-order valence-electron chi connectivity index (χ4n) is 6.82. The Morgan fingerprint density at radius 1 is 1.04 bits per heavy atom. The van der Waals surface area contributed by atoms with Gasteiger partial charge in [0, 0.05) is 48.9 Å². The zero-order valence-electron chi connectivity index (χ0n) is 27.7. The van der Waals surface area contributed by atoms with Crippen LogP contribution in [0.2, 0.25) is 0 Å². The second-order valence-corrected chi connectivity index (χ2v) is 17.1. The highest BCUT2D eigenvalue weighted by molar-refractivity contribution is 7.70. The summed E-state index contributed by atoms with van der Waals surface area (Å²) in [6.45, 7) is 9.82. The second kappa shape index (κ2) is 13.3. The number of aromatic amines is 1. The van der Waals surface area contributed by atoms with Gasteiger partial charge in [0.05, 0.1) is 28.5 Å². The SMILES string of the molecule is CN(CC(C)(C)O)C1CCN(c2ccc(Nc3nc(Nc4ccccc4P(C)(C)=O)c4cc[nH]c4n3)cc2OC2CCCC2)CC1. The minimum absolute atomic E-state index is 0.222. The van der Waals surface area contributed by atoms with E-state index in [0.717, 1.165) is 72.3 Å². The van der Waals surface area contributed by atoms with Crippen molar-refractivity contribution in [3.05, 3.63) is 54.7 Å². The molecule has 11 heteroatoms. The number of nitrogens with one attached hydrogen (secondary N) is 3. The molecule has 4 N–H and O–H groups in total. The van der Waals surface area contributed by atoms with E-state index in [1.807, 2.05) is 50.4 Å². The van der Waals surface area contributed by atoms with Crippen molar-refractivity contribution in [2.24, 2.45) is 0 Å². The van der Waals surface area contributed by atoms with Crippen LogP contribution in [-0.4, -0.2) is 82.7 Å². The maximum absolute atomic E-state index is 13.0. The third-order valence-corrected chi connectivity index (χ3v) is 10.6. The predicted octanol–water partition coefficient (Wildman–Crippen LogP) is 6.69. The number of rotatable bonds is 11. The molecule has 1 aliphatic heterocycles. The maximum Gasteiger partial charge on any atom is 0.231 e.